The third kappa shape index (κ3) is 3.70. The van der Waals surface area contributed by atoms with Crippen molar-refractivity contribution in [3.63, 3.8) is 0 Å². The minimum Gasteiger partial charge on any atom is -0.327 e. The van der Waals surface area contributed by atoms with Crippen LogP contribution in [0, 0.1) is 0 Å². The first-order valence-corrected chi connectivity index (χ1v) is 9.59. The summed E-state index contributed by atoms with van der Waals surface area (Å²) in [6.07, 6.45) is 5.83. The maximum absolute atomic E-state index is 6.14. The van der Waals surface area contributed by atoms with Crippen LogP contribution in [0.15, 0.2) is 53.3 Å². The van der Waals surface area contributed by atoms with Gasteiger partial charge in [0.2, 0.25) is 0 Å². The minimum atomic E-state index is 0.244. The van der Waals surface area contributed by atoms with Gasteiger partial charge >= 0.3 is 0 Å². The Morgan fingerprint density at radius 1 is 1.19 bits per heavy atom. The quantitative estimate of drug-likeness (QED) is 0.712. The Bertz CT molecular complexity index is 879. The largest absolute Gasteiger partial charge is 0.327 e. The molecular formula is C19H21BrN6. The predicted molar refractivity (Wildman–Crippen MR) is 105 cm³/mol. The number of rotatable bonds is 4. The second-order valence-electron chi connectivity index (χ2n) is 6.65. The zero-order valence-electron chi connectivity index (χ0n) is 14.4. The Morgan fingerprint density at radius 3 is 2.81 bits per heavy atom. The molecule has 1 aromatic carbocycles. The van der Waals surface area contributed by atoms with Crippen LogP contribution in [0.25, 0.3) is 16.9 Å². The van der Waals surface area contributed by atoms with Gasteiger partial charge < -0.3 is 5.73 Å². The second-order valence-corrected chi connectivity index (χ2v) is 7.57. The van der Waals surface area contributed by atoms with E-state index < -0.39 is 0 Å². The van der Waals surface area contributed by atoms with E-state index in [1.165, 1.54) is 0 Å². The molecule has 7 heteroatoms. The normalized spacial score (nSPS) is 18.2. The van der Waals surface area contributed by atoms with Crippen LogP contribution >= 0.6 is 15.9 Å². The van der Waals surface area contributed by atoms with E-state index in [1.807, 2.05) is 41.1 Å². The molecule has 6 nitrogen and oxygen atoms in total. The third-order valence-corrected chi connectivity index (χ3v) is 5.16. The fraction of sp³-hybridized carbons (Fsp3) is 0.316. The highest BCUT2D eigenvalue weighted by Crippen LogP contribution is 2.27. The van der Waals surface area contributed by atoms with Gasteiger partial charge in [-0.05, 0) is 49.7 Å². The van der Waals surface area contributed by atoms with Crippen molar-refractivity contribution in [3.8, 4) is 16.9 Å². The fourth-order valence-electron chi connectivity index (χ4n) is 3.45. The molecule has 0 radical (unpaired) electrons. The topological polar surface area (TPSA) is 72.9 Å². The number of piperidine rings is 1. The highest BCUT2D eigenvalue weighted by atomic mass is 79.9. The summed E-state index contributed by atoms with van der Waals surface area (Å²) in [4.78, 5) is 6.51. The second kappa shape index (κ2) is 7.65. The first-order valence-electron chi connectivity index (χ1n) is 8.79. The van der Waals surface area contributed by atoms with E-state index >= 15 is 0 Å². The van der Waals surface area contributed by atoms with E-state index in [0.717, 1.165) is 59.6 Å². The summed E-state index contributed by atoms with van der Waals surface area (Å²) in [6, 6.07) is 12.3. The van der Waals surface area contributed by atoms with Crippen LogP contribution in [-0.4, -0.2) is 44.0 Å². The van der Waals surface area contributed by atoms with Crippen LogP contribution in [0.3, 0.4) is 0 Å². The van der Waals surface area contributed by atoms with Crippen LogP contribution in [0.2, 0.25) is 0 Å². The highest BCUT2D eigenvalue weighted by molar-refractivity contribution is 9.10. The third-order valence-electron chi connectivity index (χ3n) is 4.66. The number of nitrogens with two attached hydrogens (primary N) is 1. The fourth-order valence-corrected chi connectivity index (χ4v) is 3.84. The Labute approximate surface area is 161 Å². The van der Waals surface area contributed by atoms with Gasteiger partial charge in [0.1, 0.15) is 5.69 Å². The molecule has 0 bridgehead atoms. The summed E-state index contributed by atoms with van der Waals surface area (Å²) in [5, 5.41) is 8.97. The maximum Gasteiger partial charge on any atom is 0.105 e. The zero-order valence-corrected chi connectivity index (χ0v) is 16.0. The van der Waals surface area contributed by atoms with Crippen molar-refractivity contribution in [2.24, 2.45) is 5.73 Å². The lowest BCUT2D eigenvalue weighted by molar-refractivity contribution is 0.199. The van der Waals surface area contributed by atoms with Gasteiger partial charge in [0.25, 0.3) is 0 Å². The molecule has 1 saturated heterocycles. The number of halogens is 1. The molecule has 0 amide bonds. The van der Waals surface area contributed by atoms with Crippen molar-refractivity contribution < 1.29 is 0 Å². The number of likely N-dealkylation sites (tertiary alicyclic amines) is 1. The molecule has 3 heterocycles. The monoisotopic (exact) mass is 412 g/mol. The first kappa shape index (κ1) is 17.3. The Kier molecular flexibility index (Phi) is 5.10. The average Bonchev–Trinajstić information content (AvgIpc) is 3.06. The molecule has 134 valence electrons. The van der Waals surface area contributed by atoms with E-state index in [0.29, 0.717) is 0 Å². The molecule has 4 rings (SSSR count). The Morgan fingerprint density at radius 2 is 2.04 bits per heavy atom. The summed E-state index contributed by atoms with van der Waals surface area (Å²) in [6.45, 7) is 2.70. The number of aromatic nitrogens is 4. The number of hydrogen-bond acceptors (Lipinski definition) is 5. The maximum atomic E-state index is 6.14. The molecule has 26 heavy (non-hydrogen) atoms. The molecule has 2 N–H and O–H groups in total. The van der Waals surface area contributed by atoms with Gasteiger partial charge in [-0.1, -0.05) is 27.2 Å². The number of benzene rings is 1. The molecule has 3 aromatic rings. The van der Waals surface area contributed by atoms with Gasteiger partial charge in [0.05, 0.1) is 11.4 Å². The Balaban J connectivity index is 1.75. The molecular weight excluding hydrogens is 392 g/mol. The molecule has 0 spiro atoms. The van der Waals surface area contributed by atoms with Gasteiger partial charge in [-0.15, -0.1) is 5.10 Å². The first-order chi connectivity index (χ1) is 12.7. The lowest BCUT2D eigenvalue weighted by atomic mass is 10.1. The predicted octanol–water partition coefficient (Wildman–Crippen LogP) is 3.01. The van der Waals surface area contributed by atoms with Crippen LogP contribution in [0.1, 0.15) is 18.5 Å². The molecule has 1 unspecified atom stereocenters. The molecule has 0 saturated carbocycles. The van der Waals surface area contributed by atoms with E-state index in [9.17, 15) is 0 Å². The standard InChI is InChI=1S/C19H21BrN6/c20-15-3-1-5-17(11-15)26-19(14-6-8-22-9-7-14)18(23-24-26)13-25-10-2-4-16(21)12-25/h1,3,5-9,11,16H,2,4,10,12-13,21H2. The van der Waals surface area contributed by atoms with Gasteiger partial charge in [-0.2, -0.15) is 0 Å². The van der Waals surface area contributed by atoms with Crippen molar-refractivity contribution in [1.29, 1.82) is 0 Å². The van der Waals surface area contributed by atoms with Crippen LogP contribution in [0.4, 0.5) is 0 Å². The molecule has 1 aliphatic rings. The minimum absolute atomic E-state index is 0.244. The molecule has 1 aliphatic heterocycles. The van der Waals surface area contributed by atoms with Gasteiger partial charge in [0.15, 0.2) is 0 Å². The summed E-state index contributed by atoms with van der Waals surface area (Å²) in [7, 11) is 0. The lowest BCUT2D eigenvalue weighted by Crippen LogP contribution is -2.42. The number of nitrogens with zero attached hydrogens (tertiary/aromatic N) is 5. The smallest absolute Gasteiger partial charge is 0.105 e. The molecule has 0 aliphatic carbocycles. The van der Waals surface area contributed by atoms with Crippen LogP contribution in [0.5, 0.6) is 0 Å². The van der Waals surface area contributed by atoms with Crippen LogP contribution in [-0.2, 0) is 6.54 Å². The van der Waals surface area contributed by atoms with Crippen molar-refractivity contribution >= 4 is 15.9 Å². The van der Waals surface area contributed by atoms with Gasteiger partial charge in [-0.3, -0.25) is 9.88 Å². The lowest BCUT2D eigenvalue weighted by Gasteiger charge is -2.30. The number of hydrogen-bond donors (Lipinski definition) is 1. The summed E-state index contributed by atoms with van der Waals surface area (Å²) < 4.78 is 2.91. The van der Waals surface area contributed by atoms with Gasteiger partial charge in [0, 0.05) is 41.6 Å². The van der Waals surface area contributed by atoms with E-state index in [-0.39, 0.29) is 6.04 Å². The van der Waals surface area contributed by atoms with Crippen molar-refractivity contribution in [1.82, 2.24) is 24.9 Å². The van der Waals surface area contributed by atoms with Crippen molar-refractivity contribution in [2.45, 2.75) is 25.4 Å². The SMILES string of the molecule is NC1CCCN(Cc2nnn(-c3cccc(Br)c3)c2-c2ccncc2)C1. The van der Waals surface area contributed by atoms with Gasteiger partial charge in [-0.25, -0.2) is 4.68 Å². The number of pyridine rings is 1. The molecule has 1 atom stereocenters. The van der Waals surface area contributed by atoms with Crippen LogP contribution < -0.4 is 5.73 Å². The summed E-state index contributed by atoms with van der Waals surface area (Å²) in [5.74, 6) is 0. The van der Waals surface area contributed by atoms with Crippen molar-refractivity contribution in [3.05, 3.63) is 59.0 Å². The molecule has 1 fully saturated rings. The van der Waals surface area contributed by atoms with E-state index in [1.54, 1.807) is 12.4 Å². The van der Waals surface area contributed by atoms with E-state index in [2.05, 4.69) is 36.1 Å². The highest BCUT2D eigenvalue weighted by Gasteiger charge is 2.22. The summed E-state index contributed by atoms with van der Waals surface area (Å²) in [5.41, 5.74) is 10.1. The van der Waals surface area contributed by atoms with Crippen molar-refractivity contribution in [2.75, 3.05) is 13.1 Å². The zero-order chi connectivity index (χ0) is 17.9. The average molecular weight is 413 g/mol. The summed E-state index contributed by atoms with van der Waals surface area (Å²) >= 11 is 3.54. The Hall–Kier alpha value is -2.09. The molecule has 2 aromatic heterocycles. The van der Waals surface area contributed by atoms with E-state index in [4.69, 9.17) is 5.73 Å².